The predicted octanol–water partition coefficient (Wildman–Crippen LogP) is 4.31. The molecule has 2 aliphatic carbocycles. The Kier molecular flexibility index (Phi) is 3.03. The van der Waals surface area contributed by atoms with Crippen molar-refractivity contribution in [1.29, 1.82) is 0 Å². The monoisotopic (exact) mass is 248 g/mol. The van der Waals surface area contributed by atoms with Crippen LogP contribution in [0.15, 0.2) is 6.07 Å². The van der Waals surface area contributed by atoms with Gasteiger partial charge < -0.3 is 4.98 Å². The number of aromatic amines is 1. The van der Waals surface area contributed by atoms with E-state index in [1.165, 1.54) is 44.2 Å². The van der Waals surface area contributed by atoms with Crippen LogP contribution in [0.3, 0.4) is 0 Å². The van der Waals surface area contributed by atoms with Crippen molar-refractivity contribution in [2.75, 3.05) is 0 Å². The molecule has 2 atom stereocenters. The molecule has 0 aliphatic heterocycles. The SMILES string of the molecule is CC1CCCC(c2nc(=S)cc(C3CC3)[nH]2)C1. The lowest BCUT2D eigenvalue weighted by atomic mass is 9.82. The summed E-state index contributed by atoms with van der Waals surface area (Å²) in [6.45, 7) is 2.35. The highest BCUT2D eigenvalue weighted by Crippen LogP contribution is 2.40. The van der Waals surface area contributed by atoms with E-state index in [1.54, 1.807) is 0 Å². The molecule has 0 spiro atoms. The molecule has 1 aromatic heterocycles. The average molecular weight is 248 g/mol. The van der Waals surface area contributed by atoms with Crippen LogP contribution in [0.1, 0.15) is 68.8 Å². The quantitative estimate of drug-likeness (QED) is 0.790. The van der Waals surface area contributed by atoms with Crippen molar-refractivity contribution in [3.05, 3.63) is 22.2 Å². The molecule has 1 heterocycles. The maximum Gasteiger partial charge on any atom is 0.130 e. The number of hydrogen-bond donors (Lipinski definition) is 1. The van der Waals surface area contributed by atoms with E-state index in [2.05, 4.69) is 23.0 Å². The summed E-state index contributed by atoms with van der Waals surface area (Å²) in [5.41, 5.74) is 1.33. The molecule has 0 amide bonds. The third-order valence-electron chi connectivity index (χ3n) is 4.12. The Labute approximate surface area is 108 Å². The van der Waals surface area contributed by atoms with E-state index in [1.807, 2.05) is 0 Å². The van der Waals surface area contributed by atoms with Crippen LogP contribution in [0.4, 0.5) is 0 Å². The van der Waals surface area contributed by atoms with Gasteiger partial charge in [-0.3, -0.25) is 0 Å². The van der Waals surface area contributed by atoms with Gasteiger partial charge in [0, 0.05) is 11.6 Å². The zero-order chi connectivity index (χ0) is 11.8. The van der Waals surface area contributed by atoms with Gasteiger partial charge in [0.15, 0.2) is 0 Å². The first-order valence-corrected chi connectivity index (χ1v) is 7.24. The van der Waals surface area contributed by atoms with Crippen LogP contribution in [-0.4, -0.2) is 9.97 Å². The van der Waals surface area contributed by atoms with Gasteiger partial charge in [0.05, 0.1) is 0 Å². The Bertz CT molecular complexity index is 462. The Morgan fingerprint density at radius 2 is 2.06 bits per heavy atom. The summed E-state index contributed by atoms with van der Waals surface area (Å²) in [5.74, 6) is 3.34. The summed E-state index contributed by atoms with van der Waals surface area (Å²) in [4.78, 5) is 8.12. The van der Waals surface area contributed by atoms with Crippen LogP contribution in [0.5, 0.6) is 0 Å². The second kappa shape index (κ2) is 4.52. The van der Waals surface area contributed by atoms with Crippen molar-refractivity contribution >= 4 is 12.2 Å². The first-order valence-electron chi connectivity index (χ1n) is 6.83. The fourth-order valence-corrected chi connectivity index (χ4v) is 3.21. The van der Waals surface area contributed by atoms with Gasteiger partial charge in [-0.1, -0.05) is 32.0 Å². The zero-order valence-electron chi connectivity index (χ0n) is 10.4. The van der Waals surface area contributed by atoms with E-state index >= 15 is 0 Å². The van der Waals surface area contributed by atoms with Crippen molar-refractivity contribution in [2.45, 2.75) is 57.3 Å². The van der Waals surface area contributed by atoms with Gasteiger partial charge in [-0.05, 0) is 43.6 Å². The molecule has 92 valence electrons. The zero-order valence-corrected chi connectivity index (χ0v) is 11.2. The Balaban J connectivity index is 1.88. The maximum absolute atomic E-state index is 5.30. The summed E-state index contributed by atoms with van der Waals surface area (Å²) in [7, 11) is 0. The summed E-state index contributed by atoms with van der Waals surface area (Å²) >= 11 is 5.30. The lowest BCUT2D eigenvalue weighted by molar-refractivity contribution is 0.334. The van der Waals surface area contributed by atoms with E-state index in [0.29, 0.717) is 5.92 Å². The maximum atomic E-state index is 5.30. The Hall–Kier alpha value is -0.700. The van der Waals surface area contributed by atoms with Crippen LogP contribution in [-0.2, 0) is 0 Å². The molecule has 2 unspecified atom stereocenters. The van der Waals surface area contributed by atoms with Crippen molar-refractivity contribution in [3.8, 4) is 0 Å². The first kappa shape index (κ1) is 11.4. The van der Waals surface area contributed by atoms with E-state index in [4.69, 9.17) is 12.2 Å². The van der Waals surface area contributed by atoms with E-state index in [0.717, 1.165) is 22.3 Å². The molecule has 3 rings (SSSR count). The molecule has 1 aromatic rings. The van der Waals surface area contributed by atoms with Crippen molar-refractivity contribution in [3.63, 3.8) is 0 Å². The minimum absolute atomic E-state index is 0.610. The Morgan fingerprint density at radius 1 is 1.24 bits per heavy atom. The van der Waals surface area contributed by atoms with Crippen molar-refractivity contribution < 1.29 is 0 Å². The minimum atomic E-state index is 0.610. The molecular formula is C14H20N2S. The predicted molar refractivity (Wildman–Crippen MR) is 71.8 cm³/mol. The first-order chi connectivity index (χ1) is 8.22. The van der Waals surface area contributed by atoms with Gasteiger partial charge in [-0.2, -0.15) is 0 Å². The molecule has 2 saturated carbocycles. The van der Waals surface area contributed by atoms with E-state index in [-0.39, 0.29) is 0 Å². The second-order valence-electron chi connectivity index (χ2n) is 5.80. The van der Waals surface area contributed by atoms with Gasteiger partial charge in [-0.25, -0.2) is 4.98 Å². The fourth-order valence-electron chi connectivity index (χ4n) is 2.99. The highest BCUT2D eigenvalue weighted by molar-refractivity contribution is 7.71. The van der Waals surface area contributed by atoms with Crippen LogP contribution in [0.25, 0.3) is 0 Å². The van der Waals surface area contributed by atoms with Crippen LogP contribution in [0.2, 0.25) is 0 Å². The molecule has 17 heavy (non-hydrogen) atoms. The molecule has 0 radical (unpaired) electrons. The number of nitrogens with zero attached hydrogens (tertiary/aromatic N) is 1. The van der Waals surface area contributed by atoms with Crippen LogP contribution >= 0.6 is 12.2 Å². The van der Waals surface area contributed by atoms with Gasteiger partial charge in [0.2, 0.25) is 0 Å². The van der Waals surface area contributed by atoms with E-state index in [9.17, 15) is 0 Å². The largest absolute Gasteiger partial charge is 0.347 e. The molecule has 0 saturated heterocycles. The van der Waals surface area contributed by atoms with Gasteiger partial charge >= 0.3 is 0 Å². The summed E-state index contributed by atoms with van der Waals surface area (Å²) in [6, 6.07) is 2.06. The number of hydrogen-bond acceptors (Lipinski definition) is 2. The summed E-state index contributed by atoms with van der Waals surface area (Å²) in [5, 5.41) is 0. The van der Waals surface area contributed by atoms with Gasteiger partial charge in [0.1, 0.15) is 10.5 Å². The highest BCUT2D eigenvalue weighted by Gasteiger charge is 2.27. The molecule has 3 heteroatoms. The summed E-state index contributed by atoms with van der Waals surface area (Å²) in [6.07, 6.45) is 7.88. The molecule has 2 aliphatic rings. The number of H-pyrrole nitrogens is 1. The van der Waals surface area contributed by atoms with E-state index < -0.39 is 0 Å². The third kappa shape index (κ3) is 2.59. The lowest BCUT2D eigenvalue weighted by Crippen LogP contribution is -2.15. The molecule has 2 nitrogen and oxygen atoms in total. The molecule has 2 fully saturated rings. The molecular weight excluding hydrogens is 228 g/mol. The van der Waals surface area contributed by atoms with Crippen LogP contribution in [0, 0.1) is 10.6 Å². The van der Waals surface area contributed by atoms with Gasteiger partial charge in [0.25, 0.3) is 0 Å². The Morgan fingerprint density at radius 3 is 2.76 bits per heavy atom. The molecule has 1 N–H and O–H groups in total. The fraction of sp³-hybridized carbons (Fsp3) is 0.714. The number of rotatable bonds is 2. The summed E-state index contributed by atoms with van der Waals surface area (Å²) < 4.78 is 0.777. The second-order valence-corrected chi connectivity index (χ2v) is 6.22. The smallest absolute Gasteiger partial charge is 0.130 e. The standard InChI is InChI=1S/C14H20N2S/c1-9-3-2-4-11(7-9)14-15-12(10-5-6-10)8-13(17)16-14/h8-11H,2-7H2,1H3,(H,15,16,17). The number of nitrogens with one attached hydrogen (secondary N) is 1. The molecule has 0 aromatic carbocycles. The third-order valence-corrected chi connectivity index (χ3v) is 4.33. The van der Waals surface area contributed by atoms with Crippen LogP contribution < -0.4 is 0 Å². The normalized spacial score (nSPS) is 29.2. The minimum Gasteiger partial charge on any atom is -0.347 e. The number of aromatic nitrogens is 2. The molecule has 0 bridgehead atoms. The van der Waals surface area contributed by atoms with Crippen molar-refractivity contribution in [2.24, 2.45) is 5.92 Å². The van der Waals surface area contributed by atoms with Gasteiger partial charge in [-0.15, -0.1) is 0 Å². The lowest BCUT2D eigenvalue weighted by Gasteiger charge is -2.26. The highest BCUT2D eigenvalue weighted by atomic mass is 32.1. The average Bonchev–Trinajstić information content (AvgIpc) is 3.12. The topological polar surface area (TPSA) is 28.7 Å². The van der Waals surface area contributed by atoms with Crippen molar-refractivity contribution in [1.82, 2.24) is 9.97 Å².